The second-order valence-corrected chi connectivity index (χ2v) is 7.32. The highest BCUT2D eigenvalue weighted by Gasteiger charge is 2.23. The monoisotopic (exact) mass is 329 g/mol. The summed E-state index contributed by atoms with van der Waals surface area (Å²) in [5.41, 5.74) is 2.37. The van der Waals surface area contributed by atoms with Gasteiger partial charge in [0.2, 0.25) is 0 Å². The maximum Gasteiger partial charge on any atom is 0.260 e. The Bertz CT molecular complexity index is 705. The summed E-state index contributed by atoms with van der Waals surface area (Å²) in [5, 5.41) is 12.5. The molecule has 0 aliphatic carbocycles. The quantitative estimate of drug-likeness (QED) is 0.695. The molecule has 2 rings (SSSR count). The van der Waals surface area contributed by atoms with E-state index in [2.05, 4.69) is 25.2 Å². The Morgan fingerprint density at radius 2 is 2.14 bits per heavy atom. The molecule has 0 aliphatic rings. The van der Waals surface area contributed by atoms with E-state index in [0.717, 1.165) is 16.4 Å². The number of sulfonamides is 1. The SMILES string of the molecule is CNCc1c(S(=O)(=O)NCCc2nc(C)cs2)n[nH]c1C. The fraction of sp³-hybridized carbons (Fsp3) is 0.500. The van der Waals surface area contributed by atoms with E-state index in [4.69, 9.17) is 0 Å². The normalized spacial score (nSPS) is 12.0. The molecule has 0 fully saturated rings. The number of hydrogen-bond acceptors (Lipinski definition) is 6. The van der Waals surface area contributed by atoms with Gasteiger partial charge >= 0.3 is 0 Å². The van der Waals surface area contributed by atoms with Crippen LogP contribution < -0.4 is 10.0 Å². The average Bonchev–Trinajstić information content (AvgIpc) is 2.98. The molecule has 2 heterocycles. The van der Waals surface area contributed by atoms with Crippen molar-refractivity contribution in [3.8, 4) is 0 Å². The number of H-pyrrole nitrogens is 1. The van der Waals surface area contributed by atoms with Crippen LogP contribution in [0.15, 0.2) is 10.4 Å². The smallest absolute Gasteiger partial charge is 0.260 e. The highest BCUT2D eigenvalue weighted by molar-refractivity contribution is 7.89. The number of rotatable bonds is 7. The molecule has 0 aromatic carbocycles. The fourth-order valence-corrected chi connectivity index (χ4v) is 3.91. The molecule has 0 bridgehead atoms. The molecule has 0 aliphatic heterocycles. The minimum Gasteiger partial charge on any atom is -0.316 e. The van der Waals surface area contributed by atoms with Crippen LogP contribution in [0.2, 0.25) is 0 Å². The largest absolute Gasteiger partial charge is 0.316 e. The predicted molar refractivity (Wildman–Crippen MR) is 81.8 cm³/mol. The Balaban J connectivity index is 2.04. The van der Waals surface area contributed by atoms with E-state index in [1.54, 1.807) is 14.0 Å². The topological polar surface area (TPSA) is 99.8 Å². The van der Waals surface area contributed by atoms with Crippen molar-refractivity contribution in [1.29, 1.82) is 0 Å². The molecule has 0 atom stereocenters. The molecule has 2 aromatic heterocycles. The maximum absolute atomic E-state index is 12.3. The van der Waals surface area contributed by atoms with Crippen molar-refractivity contribution in [3.05, 3.63) is 27.3 Å². The second kappa shape index (κ2) is 6.65. The summed E-state index contributed by atoms with van der Waals surface area (Å²) in [6.45, 7) is 4.47. The van der Waals surface area contributed by atoms with Crippen LogP contribution in [0.25, 0.3) is 0 Å². The number of aromatic nitrogens is 3. The van der Waals surface area contributed by atoms with Crippen LogP contribution in [-0.2, 0) is 23.0 Å². The zero-order chi connectivity index (χ0) is 15.5. The molecule has 0 spiro atoms. The van der Waals surface area contributed by atoms with Crippen molar-refractivity contribution in [3.63, 3.8) is 0 Å². The van der Waals surface area contributed by atoms with Crippen LogP contribution in [0, 0.1) is 13.8 Å². The van der Waals surface area contributed by atoms with Crippen LogP contribution in [0.3, 0.4) is 0 Å². The zero-order valence-electron chi connectivity index (χ0n) is 12.2. The summed E-state index contributed by atoms with van der Waals surface area (Å²) in [5.74, 6) is 0. The average molecular weight is 329 g/mol. The lowest BCUT2D eigenvalue weighted by molar-refractivity contribution is 0.575. The van der Waals surface area contributed by atoms with Crippen LogP contribution in [0.5, 0.6) is 0 Å². The first-order valence-electron chi connectivity index (χ1n) is 6.53. The van der Waals surface area contributed by atoms with E-state index in [0.29, 0.717) is 25.1 Å². The summed E-state index contributed by atoms with van der Waals surface area (Å²) >= 11 is 1.53. The Morgan fingerprint density at radius 1 is 1.38 bits per heavy atom. The Kier molecular flexibility index (Phi) is 5.09. The Morgan fingerprint density at radius 3 is 2.76 bits per heavy atom. The van der Waals surface area contributed by atoms with E-state index in [1.807, 2.05) is 12.3 Å². The van der Waals surface area contributed by atoms with Gasteiger partial charge in [-0.25, -0.2) is 18.1 Å². The molecule has 0 radical (unpaired) electrons. The third-order valence-corrected chi connectivity index (χ3v) is 5.40. The number of nitrogens with zero attached hydrogens (tertiary/aromatic N) is 2. The van der Waals surface area contributed by atoms with Gasteiger partial charge in [0.15, 0.2) is 5.03 Å². The van der Waals surface area contributed by atoms with Gasteiger partial charge in [0.25, 0.3) is 10.0 Å². The van der Waals surface area contributed by atoms with Crippen LogP contribution in [0.4, 0.5) is 0 Å². The van der Waals surface area contributed by atoms with Gasteiger partial charge in [-0.15, -0.1) is 11.3 Å². The van der Waals surface area contributed by atoms with Gasteiger partial charge in [-0.05, 0) is 20.9 Å². The van der Waals surface area contributed by atoms with Gasteiger partial charge in [0.05, 0.1) is 5.01 Å². The van der Waals surface area contributed by atoms with Crippen molar-refractivity contribution in [2.45, 2.75) is 31.8 Å². The predicted octanol–water partition coefficient (Wildman–Crippen LogP) is 0.723. The number of thiazole rings is 1. The maximum atomic E-state index is 12.3. The van der Waals surface area contributed by atoms with E-state index in [1.165, 1.54) is 11.3 Å². The summed E-state index contributed by atoms with van der Waals surface area (Å²) in [6.07, 6.45) is 0.572. The van der Waals surface area contributed by atoms with Gasteiger partial charge < -0.3 is 5.32 Å². The van der Waals surface area contributed by atoms with Gasteiger partial charge in [0, 0.05) is 41.8 Å². The van der Waals surface area contributed by atoms with E-state index < -0.39 is 10.0 Å². The first-order chi connectivity index (χ1) is 9.94. The lowest BCUT2D eigenvalue weighted by Gasteiger charge is -2.06. The fourth-order valence-electron chi connectivity index (χ4n) is 1.92. The highest BCUT2D eigenvalue weighted by atomic mass is 32.2. The molecule has 7 nitrogen and oxygen atoms in total. The molecule has 3 N–H and O–H groups in total. The minimum absolute atomic E-state index is 0.0599. The van der Waals surface area contributed by atoms with E-state index >= 15 is 0 Å². The Labute approximate surface area is 128 Å². The first-order valence-corrected chi connectivity index (χ1v) is 8.89. The lowest BCUT2D eigenvalue weighted by atomic mass is 10.3. The molecule has 116 valence electrons. The van der Waals surface area contributed by atoms with E-state index in [9.17, 15) is 8.42 Å². The third-order valence-electron chi connectivity index (χ3n) is 2.94. The molecule has 2 aromatic rings. The third kappa shape index (κ3) is 3.88. The van der Waals surface area contributed by atoms with Crippen LogP contribution in [0.1, 0.15) is 22.0 Å². The summed E-state index contributed by atoms with van der Waals surface area (Å²) in [4.78, 5) is 4.31. The molecule has 0 amide bonds. The molecule has 0 unspecified atom stereocenters. The molecule has 21 heavy (non-hydrogen) atoms. The zero-order valence-corrected chi connectivity index (χ0v) is 13.9. The molecule has 0 saturated heterocycles. The van der Waals surface area contributed by atoms with Crippen LogP contribution >= 0.6 is 11.3 Å². The van der Waals surface area contributed by atoms with Crippen molar-refractivity contribution in [2.24, 2.45) is 0 Å². The molecule has 9 heteroatoms. The van der Waals surface area contributed by atoms with Crippen LogP contribution in [-0.4, -0.2) is 37.2 Å². The van der Waals surface area contributed by atoms with Gasteiger partial charge in [-0.3, -0.25) is 5.10 Å². The minimum atomic E-state index is -3.61. The van der Waals surface area contributed by atoms with Gasteiger partial charge in [-0.1, -0.05) is 0 Å². The lowest BCUT2D eigenvalue weighted by Crippen LogP contribution is -2.27. The van der Waals surface area contributed by atoms with Crippen molar-refractivity contribution in [1.82, 2.24) is 25.2 Å². The van der Waals surface area contributed by atoms with E-state index in [-0.39, 0.29) is 5.03 Å². The van der Waals surface area contributed by atoms with Crippen molar-refractivity contribution in [2.75, 3.05) is 13.6 Å². The van der Waals surface area contributed by atoms with Gasteiger partial charge in [-0.2, -0.15) is 5.10 Å². The van der Waals surface area contributed by atoms with Crippen molar-refractivity contribution >= 4 is 21.4 Å². The summed E-state index contributed by atoms with van der Waals surface area (Å²) < 4.78 is 27.2. The van der Waals surface area contributed by atoms with Gasteiger partial charge in [0.1, 0.15) is 0 Å². The Hall–Kier alpha value is -1.29. The number of aromatic amines is 1. The number of nitrogens with one attached hydrogen (secondary N) is 3. The molecular weight excluding hydrogens is 310 g/mol. The number of hydrogen-bond donors (Lipinski definition) is 3. The second-order valence-electron chi connectivity index (χ2n) is 4.69. The summed E-state index contributed by atoms with van der Waals surface area (Å²) in [7, 11) is -1.85. The highest BCUT2D eigenvalue weighted by Crippen LogP contribution is 2.16. The van der Waals surface area contributed by atoms with Crippen molar-refractivity contribution < 1.29 is 8.42 Å². The summed E-state index contributed by atoms with van der Waals surface area (Å²) in [6, 6.07) is 0. The standard InChI is InChI=1S/C12H19N5O2S2/c1-8-7-20-11(15-8)4-5-14-21(18,19)12-10(6-13-3)9(2)16-17-12/h7,13-14H,4-6H2,1-3H3,(H,16,17). The first kappa shape index (κ1) is 16.1. The molecule has 0 saturated carbocycles. The molecular formula is C12H19N5O2S2. The number of aryl methyl sites for hydroxylation is 2.